The molecule has 1 aliphatic rings. The van der Waals surface area contributed by atoms with Gasteiger partial charge in [-0.05, 0) is 38.3 Å². The highest BCUT2D eigenvalue weighted by Gasteiger charge is 2.50. The predicted octanol–water partition coefficient (Wildman–Crippen LogP) is 1.92. The highest BCUT2D eigenvalue weighted by molar-refractivity contribution is 14.0. The molecule has 12 heteroatoms. The fourth-order valence-electron chi connectivity index (χ4n) is 3.20. The zero-order chi connectivity index (χ0) is 20.9. The third-order valence-corrected chi connectivity index (χ3v) is 6.10. The van der Waals surface area contributed by atoms with Crippen LogP contribution in [0, 0.1) is 11.3 Å². The molecule has 168 valence electrons. The number of hydrogen-bond donors (Lipinski definition) is 2. The molecule has 0 aromatic heterocycles. The maximum atomic E-state index is 12.6. The van der Waals surface area contributed by atoms with Crippen LogP contribution in [0.15, 0.2) is 4.99 Å². The maximum absolute atomic E-state index is 12.6. The molecule has 0 aromatic rings. The Labute approximate surface area is 183 Å². The normalized spacial score (nSPS) is 18.1. The van der Waals surface area contributed by atoms with E-state index in [1.165, 1.54) is 0 Å². The van der Waals surface area contributed by atoms with Crippen LogP contribution in [-0.2, 0) is 10.0 Å². The Hall–Kier alpha value is -0.340. The van der Waals surface area contributed by atoms with E-state index in [9.17, 15) is 21.6 Å². The molecule has 0 spiro atoms. The van der Waals surface area contributed by atoms with Crippen molar-refractivity contribution in [1.82, 2.24) is 19.8 Å². The molecule has 0 radical (unpaired) electrons. The van der Waals surface area contributed by atoms with E-state index in [-0.39, 0.29) is 48.4 Å². The molecule has 0 amide bonds. The lowest BCUT2D eigenvalue weighted by atomic mass is 9.93. The predicted molar refractivity (Wildman–Crippen MR) is 116 cm³/mol. The van der Waals surface area contributed by atoms with Crippen LogP contribution in [0.25, 0.3) is 0 Å². The lowest BCUT2D eigenvalue weighted by molar-refractivity contribution is -0.0496. The average molecular weight is 543 g/mol. The quantitative estimate of drug-likeness (QED) is 0.292. The molecule has 1 saturated heterocycles. The summed E-state index contributed by atoms with van der Waals surface area (Å²) < 4.78 is 61.2. The topological polar surface area (TPSA) is 77.0 Å². The lowest BCUT2D eigenvalue weighted by Gasteiger charge is -2.32. The van der Waals surface area contributed by atoms with Crippen LogP contribution < -0.4 is 10.6 Å². The third-order valence-electron chi connectivity index (χ3n) is 4.47. The van der Waals surface area contributed by atoms with E-state index in [0.29, 0.717) is 36.2 Å². The molecule has 1 aliphatic heterocycles. The van der Waals surface area contributed by atoms with Crippen LogP contribution in [-0.4, -0.2) is 83.0 Å². The highest BCUT2D eigenvalue weighted by Crippen LogP contribution is 2.30. The second-order valence-electron chi connectivity index (χ2n) is 8.00. The van der Waals surface area contributed by atoms with Crippen molar-refractivity contribution in [3.05, 3.63) is 0 Å². The molecule has 7 nitrogen and oxygen atoms in total. The minimum atomic E-state index is -5.23. The van der Waals surface area contributed by atoms with Crippen LogP contribution in [0.4, 0.5) is 13.2 Å². The van der Waals surface area contributed by atoms with Gasteiger partial charge in [-0.25, -0.2) is 8.42 Å². The van der Waals surface area contributed by atoms with Crippen molar-refractivity contribution in [1.29, 1.82) is 0 Å². The first-order valence-electron chi connectivity index (χ1n) is 8.94. The molecule has 2 N–H and O–H groups in total. The second-order valence-corrected chi connectivity index (χ2v) is 9.93. The lowest BCUT2D eigenvalue weighted by Crippen LogP contribution is -2.48. The van der Waals surface area contributed by atoms with E-state index in [0.717, 1.165) is 6.54 Å². The fourth-order valence-corrected chi connectivity index (χ4v) is 4.18. The first kappa shape index (κ1) is 27.7. The van der Waals surface area contributed by atoms with Gasteiger partial charge in [-0.15, -0.1) is 24.0 Å². The van der Waals surface area contributed by atoms with Crippen LogP contribution in [0.1, 0.15) is 26.7 Å². The Morgan fingerprint density at radius 3 is 2.14 bits per heavy atom. The van der Waals surface area contributed by atoms with Gasteiger partial charge in [-0.2, -0.15) is 17.5 Å². The van der Waals surface area contributed by atoms with E-state index in [1.807, 2.05) is 14.1 Å². The van der Waals surface area contributed by atoms with E-state index in [1.54, 1.807) is 7.05 Å². The number of guanidine groups is 1. The highest BCUT2D eigenvalue weighted by atomic mass is 127. The molecule has 1 heterocycles. The number of piperidine rings is 1. The molecule has 0 aliphatic carbocycles. The number of rotatable bonds is 7. The molecule has 0 atom stereocenters. The number of halogens is 4. The van der Waals surface area contributed by atoms with Gasteiger partial charge in [0.05, 0.1) is 0 Å². The van der Waals surface area contributed by atoms with Crippen molar-refractivity contribution in [2.45, 2.75) is 32.2 Å². The smallest absolute Gasteiger partial charge is 0.356 e. The molecule has 0 bridgehead atoms. The Morgan fingerprint density at radius 1 is 1.18 bits per heavy atom. The van der Waals surface area contributed by atoms with Crippen LogP contribution in [0.3, 0.4) is 0 Å². The molecule has 1 fully saturated rings. The number of nitrogens with zero attached hydrogens (tertiary/aromatic N) is 3. The van der Waals surface area contributed by atoms with Gasteiger partial charge < -0.3 is 15.5 Å². The zero-order valence-electron chi connectivity index (χ0n) is 17.1. The maximum Gasteiger partial charge on any atom is 0.511 e. The minimum absolute atomic E-state index is 0. The van der Waals surface area contributed by atoms with Crippen LogP contribution in [0.2, 0.25) is 0 Å². The third kappa shape index (κ3) is 8.57. The summed E-state index contributed by atoms with van der Waals surface area (Å²) in [6.45, 7) is 6.21. The summed E-state index contributed by atoms with van der Waals surface area (Å²) in [6, 6.07) is 0. The Kier molecular flexibility index (Phi) is 11.0. The number of sulfonamides is 1. The second kappa shape index (κ2) is 11.2. The van der Waals surface area contributed by atoms with Gasteiger partial charge in [-0.1, -0.05) is 13.8 Å². The molecule has 0 saturated carbocycles. The van der Waals surface area contributed by atoms with Crippen molar-refractivity contribution < 1.29 is 21.6 Å². The van der Waals surface area contributed by atoms with Crippen molar-refractivity contribution in [2.75, 3.05) is 53.9 Å². The van der Waals surface area contributed by atoms with E-state index in [4.69, 9.17) is 0 Å². The van der Waals surface area contributed by atoms with Gasteiger partial charge in [0.25, 0.3) is 0 Å². The molecule has 0 aromatic carbocycles. The number of hydrogen-bond acceptors (Lipinski definition) is 4. The summed E-state index contributed by atoms with van der Waals surface area (Å²) in [5.41, 5.74) is -5.19. The summed E-state index contributed by atoms with van der Waals surface area (Å²) in [5.74, 6) is 0.727. The summed E-state index contributed by atoms with van der Waals surface area (Å²) in [5, 5.41) is 6.45. The van der Waals surface area contributed by atoms with Gasteiger partial charge in [0.15, 0.2) is 5.96 Å². The van der Waals surface area contributed by atoms with Crippen molar-refractivity contribution >= 4 is 40.0 Å². The molecular formula is C16H33F3IN5O2S. The molecule has 1 rings (SSSR count). The Morgan fingerprint density at radius 2 is 1.71 bits per heavy atom. The monoisotopic (exact) mass is 543 g/mol. The van der Waals surface area contributed by atoms with Gasteiger partial charge in [0.1, 0.15) is 0 Å². The van der Waals surface area contributed by atoms with Crippen LogP contribution >= 0.6 is 24.0 Å². The summed E-state index contributed by atoms with van der Waals surface area (Å²) in [4.78, 5) is 6.28. The minimum Gasteiger partial charge on any atom is -0.356 e. The van der Waals surface area contributed by atoms with Gasteiger partial charge in [-0.3, -0.25) is 4.99 Å². The Bertz CT molecular complexity index is 604. The summed E-state index contributed by atoms with van der Waals surface area (Å²) in [6.07, 6.45) is 0.761. The van der Waals surface area contributed by atoms with E-state index < -0.39 is 15.5 Å². The average Bonchev–Trinajstić information content (AvgIpc) is 2.53. The number of nitrogens with one attached hydrogen (secondary N) is 2. The van der Waals surface area contributed by atoms with E-state index in [2.05, 4.69) is 34.4 Å². The zero-order valence-corrected chi connectivity index (χ0v) is 20.3. The van der Waals surface area contributed by atoms with Gasteiger partial charge >= 0.3 is 15.5 Å². The fraction of sp³-hybridized carbons (Fsp3) is 0.938. The van der Waals surface area contributed by atoms with Crippen molar-refractivity contribution in [3.8, 4) is 0 Å². The number of alkyl halides is 3. The Balaban J connectivity index is 0.00000729. The largest absolute Gasteiger partial charge is 0.511 e. The molecular weight excluding hydrogens is 510 g/mol. The summed E-state index contributed by atoms with van der Waals surface area (Å²) >= 11 is 0. The SMILES string of the molecule is CN=C(NCC1CCN(S(=O)(=O)C(F)(F)F)CC1)NCC(C)(C)CN(C)C.I. The van der Waals surface area contributed by atoms with Gasteiger partial charge in [0.2, 0.25) is 0 Å². The summed E-state index contributed by atoms with van der Waals surface area (Å²) in [7, 11) is 0.467. The first-order valence-corrected chi connectivity index (χ1v) is 10.4. The van der Waals surface area contributed by atoms with Crippen LogP contribution in [0.5, 0.6) is 0 Å². The van der Waals surface area contributed by atoms with Gasteiger partial charge in [0, 0.05) is 39.8 Å². The molecule has 28 heavy (non-hydrogen) atoms. The first-order chi connectivity index (χ1) is 12.3. The van der Waals surface area contributed by atoms with Crippen molar-refractivity contribution in [2.24, 2.45) is 16.3 Å². The standard InChI is InChI=1S/C16H32F3N5O2S.HI/c1-15(2,12-23(4)5)11-22-14(20-3)21-10-13-6-8-24(9-7-13)27(25,26)16(17,18)19;/h13H,6-12H2,1-5H3,(H2,20,21,22);1H. The van der Waals surface area contributed by atoms with E-state index >= 15 is 0 Å². The number of aliphatic imine (C=N–C) groups is 1. The van der Waals surface area contributed by atoms with Crippen molar-refractivity contribution in [3.63, 3.8) is 0 Å². The molecule has 0 unspecified atom stereocenters.